The maximum Gasteiger partial charge on any atom is 0.123 e. The minimum absolute atomic E-state index is 0.180. The summed E-state index contributed by atoms with van der Waals surface area (Å²) in [4.78, 5) is 3.76. The summed E-state index contributed by atoms with van der Waals surface area (Å²) in [6.45, 7) is 5.67. The molecule has 2 aliphatic carbocycles. The van der Waals surface area contributed by atoms with Crippen LogP contribution < -0.4 is 5.32 Å². The normalized spacial score (nSPS) is 25.0. The highest BCUT2D eigenvalue weighted by Crippen LogP contribution is 2.41. The zero-order valence-electron chi connectivity index (χ0n) is 20.7. The zero-order chi connectivity index (χ0) is 23.7. The van der Waals surface area contributed by atoms with Crippen molar-refractivity contribution in [1.29, 1.82) is 0 Å². The largest absolute Gasteiger partial charge is 0.355 e. The molecule has 0 bridgehead atoms. The highest BCUT2D eigenvalue weighted by atomic mass is 19.1. The molecule has 2 aliphatic rings. The van der Waals surface area contributed by atoms with Crippen molar-refractivity contribution >= 4 is 16.5 Å². The first-order valence-corrected chi connectivity index (χ1v) is 13.0. The smallest absolute Gasteiger partial charge is 0.123 e. The number of nitrogens with one attached hydrogen (secondary N) is 2. The number of benzene rings is 2. The molecule has 1 saturated carbocycles. The summed E-state index contributed by atoms with van der Waals surface area (Å²) in [5, 5.41) is 4.63. The minimum Gasteiger partial charge on any atom is -0.355 e. The van der Waals surface area contributed by atoms with Gasteiger partial charge in [0, 0.05) is 22.5 Å². The van der Waals surface area contributed by atoms with Crippen molar-refractivity contribution in [3.63, 3.8) is 0 Å². The second-order valence-corrected chi connectivity index (χ2v) is 10.5. The van der Waals surface area contributed by atoms with E-state index < -0.39 is 0 Å². The van der Waals surface area contributed by atoms with Gasteiger partial charge in [-0.05, 0) is 117 Å². The first-order valence-electron chi connectivity index (χ1n) is 13.0. The van der Waals surface area contributed by atoms with Crippen LogP contribution in [0.4, 0.5) is 4.39 Å². The molecule has 2 aromatic carbocycles. The lowest BCUT2D eigenvalue weighted by molar-refractivity contribution is 0.309. The van der Waals surface area contributed by atoms with Gasteiger partial charge < -0.3 is 10.3 Å². The molecule has 2 nitrogen and oxygen atoms in total. The van der Waals surface area contributed by atoms with Gasteiger partial charge in [-0.1, -0.05) is 43.4 Å². The van der Waals surface area contributed by atoms with Crippen LogP contribution in [0.3, 0.4) is 0 Å². The van der Waals surface area contributed by atoms with E-state index in [0.717, 1.165) is 18.0 Å². The van der Waals surface area contributed by atoms with Crippen LogP contribution in [0.25, 0.3) is 16.5 Å². The summed E-state index contributed by atoms with van der Waals surface area (Å²) in [5.74, 6) is 1.95. The Morgan fingerprint density at radius 1 is 1.00 bits per heavy atom. The molecule has 2 unspecified atom stereocenters. The maximum atomic E-state index is 13.4. The Kier molecular flexibility index (Phi) is 6.74. The summed E-state index contributed by atoms with van der Waals surface area (Å²) < 4.78 is 13.4. The summed E-state index contributed by atoms with van der Waals surface area (Å²) >= 11 is 0. The molecular weight excluding hydrogens is 419 g/mol. The molecule has 1 aromatic heterocycles. The number of hydrogen-bond acceptors (Lipinski definition) is 1. The predicted octanol–water partition coefficient (Wildman–Crippen LogP) is 7.87. The van der Waals surface area contributed by atoms with Crippen LogP contribution in [0, 0.1) is 24.6 Å². The van der Waals surface area contributed by atoms with Crippen molar-refractivity contribution in [1.82, 2.24) is 10.3 Å². The first-order chi connectivity index (χ1) is 16.5. The lowest BCUT2D eigenvalue weighted by Crippen LogP contribution is -2.18. The lowest BCUT2D eigenvalue weighted by Gasteiger charge is -2.29. The number of fused-ring (bicyclic) bond motifs is 1. The Labute approximate surface area is 203 Å². The van der Waals surface area contributed by atoms with E-state index in [0.29, 0.717) is 11.8 Å². The van der Waals surface area contributed by atoms with Crippen molar-refractivity contribution < 1.29 is 4.39 Å². The number of H-pyrrole nitrogens is 1. The molecule has 178 valence electrons. The fraction of sp³-hybridized carbons (Fsp3) is 0.419. The third-order valence-corrected chi connectivity index (χ3v) is 8.28. The van der Waals surface area contributed by atoms with Crippen LogP contribution in [0.5, 0.6) is 0 Å². The monoisotopic (exact) mass is 456 g/mol. The lowest BCUT2D eigenvalue weighted by atomic mass is 9.77. The van der Waals surface area contributed by atoms with Crippen molar-refractivity contribution in [2.75, 3.05) is 13.6 Å². The average Bonchev–Trinajstić information content (AvgIpc) is 3.28. The van der Waals surface area contributed by atoms with Crippen LogP contribution >= 0.6 is 0 Å². The summed E-state index contributed by atoms with van der Waals surface area (Å²) in [6, 6.07) is 14.1. The number of allylic oxidation sites excluding steroid dienone is 4. The van der Waals surface area contributed by atoms with Gasteiger partial charge in [0.2, 0.25) is 0 Å². The molecule has 0 spiro atoms. The van der Waals surface area contributed by atoms with Crippen LogP contribution in [0.1, 0.15) is 73.2 Å². The van der Waals surface area contributed by atoms with Gasteiger partial charge in [-0.25, -0.2) is 4.39 Å². The van der Waals surface area contributed by atoms with E-state index >= 15 is 0 Å². The van der Waals surface area contributed by atoms with Gasteiger partial charge in [-0.2, -0.15) is 0 Å². The minimum atomic E-state index is -0.180. The van der Waals surface area contributed by atoms with Gasteiger partial charge >= 0.3 is 0 Å². The SMILES string of the molecule is CNCCC1CCC(c2cc(C)c3cc(C4=CC=CC(c5ccc(F)cc5)C4C)[nH]c3c2)CC1. The van der Waals surface area contributed by atoms with Crippen molar-refractivity contribution in [3.05, 3.63) is 88.9 Å². The number of hydrogen-bond donors (Lipinski definition) is 2. The molecule has 0 amide bonds. The molecule has 5 rings (SSSR count). The van der Waals surface area contributed by atoms with Crippen LogP contribution in [-0.4, -0.2) is 18.6 Å². The summed E-state index contributed by atoms with van der Waals surface area (Å²) in [7, 11) is 2.05. The van der Waals surface area contributed by atoms with Gasteiger partial charge in [-0.15, -0.1) is 0 Å². The van der Waals surface area contributed by atoms with Gasteiger partial charge in [0.25, 0.3) is 0 Å². The quantitative estimate of drug-likeness (QED) is 0.388. The molecule has 2 N–H and O–H groups in total. The van der Waals surface area contributed by atoms with Gasteiger partial charge in [-0.3, -0.25) is 0 Å². The topological polar surface area (TPSA) is 27.8 Å². The third kappa shape index (κ3) is 4.63. The second-order valence-electron chi connectivity index (χ2n) is 10.5. The highest BCUT2D eigenvalue weighted by Gasteiger charge is 2.26. The number of aromatic nitrogens is 1. The van der Waals surface area contributed by atoms with Gasteiger partial charge in [0.1, 0.15) is 5.82 Å². The van der Waals surface area contributed by atoms with E-state index in [2.05, 4.69) is 67.6 Å². The van der Waals surface area contributed by atoms with Crippen molar-refractivity contribution in [2.24, 2.45) is 11.8 Å². The Hall–Kier alpha value is -2.65. The van der Waals surface area contributed by atoms with E-state index in [-0.39, 0.29) is 11.7 Å². The van der Waals surface area contributed by atoms with Crippen LogP contribution in [-0.2, 0) is 0 Å². The fourth-order valence-corrected chi connectivity index (χ4v) is 6.18. The Balaban J connectivity index is 1.37. The van der Waals surface area contributed by atoms with E-state index in [9.17, 15) is 4.39 Å². The number of rotatable bonds is 6. The average molecular weight is 457 g/mol. The van der Waals surface area contributed by atoms with Gasteiger partial charge in [0.05, 0.1) is 0 Å². The third-order valence-electron chi connectivity index (χ3n) is 8.28. The van der Waals surface area contributed by atoms with E-state index in [1.54, 1.807) is 12.1 Å². The molecule has 34 heavy (non-hydrogen) atoms. The number of aryl methyl sites for hydroxylation is 1. The molecule has 1 fully saturated rings. The molecule has 3 aromatic rings. The maximum absolute atomic E-state index is 13.4. The first kappa shape index (κ1) is 23.1. The van der Waals surface area contributed by atoms with E-state index in [1.165, 1.54) is 65.4 Å². The molecular formula is C31H37FN2. The molecule has 1 heterocycles. The molecule has 0 aliphatic heterocycles. The Morgan fingerprint density at radius 3 is 2.50 bits per heavy atom. The number of halogens is 1. The molecule has 3 heteroatoms. The molecule has 0 radical (unpaired) electrons. The predicted molar refractivity (Wildman–Crippen MR) is 142 cm³/mol. The van der Waals surface area contributed by atoms with Crippen LogP contribution in [0.15, 0.2) is 60.7 Å². The Bertz CT molecular complexity index is 1190. The Morgan fingerprint density at radius 2 is 1.76 bits per heavy atom. The molecule has 0 saturated heterocycles. The summed E-state index contributed by atoms with van der Waals surface area (Å²) in [6.07, 6.45) is 13.2. The number of aromatic amines is 1. The van der Waals surface area contributed by atoms with E-state index in [1.807, 2.05) is 12.1 Å². The summed E-state index contributed by atoms with van der Waals surface area (Å²) in [5.41, 5.74) is 7.80. The second kappa shape index (κ2) is 9.92. The highest BCUT2D eigenvalue weighted by molar-refractivity contribution is 5.89. The van der Waals surface area contributed by atoms with Crippen molar-refractivity contribution in [3.8, 4) is 0 Å². The van der Waals surface area contributed by atoms with Gasteiger partial charge in [0.15, 0.2) is 0 Å². The van der Waals surface area contributed by atoms with E-state index in [4.69, 9.17) is 0 Å². The van der Waals surface area contributed by atoms with Crippen LogP contribution in [0.2, 0.25) is 0 Å². The molecule has 2 atom stereocenters. The zero-order valence-corrected chi connectivity index (χ0v) is 20.7. The fourth-order valence-electron chi connectivity index (χ4n) is 6.18. The van der Waals surface area contributed by atoms with Crippen molar-refractivity contribution in [2.45, 2.75) is 57.8 Å². The standard InChI is InChI=1S/C31H37FN2/c1-20-17-25(23-9-7-22(8-10-23)15-16-33-3)18-30-29(20)19-31(34-30)28-6-4-5-27(21(28)2)24-11-13-26(32)14-12-24/h4-6,11-14,17-19,21-23,27,33-34H,7-10,15-16H2,1-3H3.